The lowest BCUT2D eigenvalue weighted by Crippen LogP contribution is -2.61. The molecule has 94 valence electrons. The quantitative estimate of drug-likeness (QED) is 0.554. The maximum atomic E-state index is 5.83. The fraction of sp³-hybridized carbons (Fsp3) is 1.00. The van der Waals surface area contributed by atoms with Crippen LogP contribution in [-0.2, 0) is 0 Å². The third kappa shape index (κ3) is 2.41. The number of nitrogens with one attached hydrogen (secondary N) is 1. The number of nitrogens with zero attached hydrogens (tertiary/aromatic N) is 1. The molecule has 0 radical (unpaired) electrons. The zero-order valence-electron chi connectivity index (χ0n) is 10.8. The fourth-order valence-corrected chi connectivity index (χ4v) is 3.40. The van der Waals surface area contributed by atoms with E-state index in [4.69, 9.17) is 5.84 Å². The van der Waals surface area contributed by atoms with Gasteiger partial charge >= 0.3 is 0 Å². The van der Waals surface area contributed by atoms with Crippen LogP contribution in [0.5, 0.6) is 0 Å². The Morgan fingerprint density at radius 3 is 2.31 bits per heavy atom. The maximum Gasteiger partial charge on any atom is 0.0397 e. The van der Waals surface area contributed by atoms with Crippen molar-refractivity contribution in [1.29, 1.82) is 0 Å². The van der Waals surface area contributed by atoms with Gasteiger partial charge in [-0.05, 0) is 39.3 Å². The van der Waals surface area contributed by atoms with Gasteiger partial charge in [-0.2, -0.15) is 0 Å². The van der Waals surface area contributed by atoms with Gasteiger partial charge in [-0.3, -0.25) is 11.3 Å². The lowest BCUT2D eigenvalue weighted by atomic mass is 9.74. The molecule has 0 aliphatic heterocycles. The zero-order chi connectivity index (χ0) is 11.6. The Balaban J connectivity index is 2.07. The topological polar surface area (TPSA) is 41.3 Å². The molecule has 3 heteroatoms. The Morgan fingerprint density at radius 2 is 1.88 bits per heavy atom. The minimum absolute atomic E-state index is 0.315. The molecule has 2 aliphatic rings. The molecule has 3 nitrogen and oxygen atoms in total. The first-order valence-corrected chi connectivity index (χ1v) is 6.82. The Bertz CT molecular complexity index is 217. The predicted molar refractivity (Wildman–Crippen MR) is 68.0 cm³/mol. The van der Waals surface area contributed by atoms with Crippen molar-refractivity contribution in [2.24, 2.45) is 11.8 Å². The summed E-state index contributed by atoms with van der Waals surface area (Å²) in [5, 5.41) is 0. The average molecular weight is 225 g/mol. The van der Waals surface area contributed by atoms with Crippen molar-refractivity contribution in [2.45, 2.75) is 62.9 Å². The minimum Gasteiger partial charge on any atom is -0.302 e. The first kappa shape index (κ1) is 12.3. The number of likely N-dealkylation sites (N-methyl/N-ethyl adjacent to an activating group) is 1. The molecular weight excluding hydrogens is 198 g/mol. The molecule has 2 rings (SSSR count). The summed E-state index contributed by atoms with van der Waals surface area (Å²) >= 11 is 0. The Morgan fingerprint density at radius 1 is 1.25 bits per heavy atom. The summed E-state index contributed by atoms with van der Waals surface area (Å²) in [4.78, 5) is 2.43. The van der Waals surface area contributed by atoms with Gasteiger partial charge < -0.3 is 4.90 Å². The molecule has 0 spiro atoms. The van der Waals surface area contributed by atoms with E-state index in [0.717, 1.165) is 5.92 Å². The molecule has 0 aromatic carbocycles. The minimum atomic E-state index is 0.315. The van der Waals surface area contributed by atoms with Crippen LogP contribution in [0.4, 0.5) is 0 Å². The summed E-state index contributed by atoms with van der Waals surface area (Å²) in [6.07, 6.45) is 10.8. The van der Waals surface area contributed by atoms with Gasteiger partial charge in [-0.15, -0.1) is 0 Å². The van der Waals surface area contributed by atoms with Gasteiger partial charge in [-0.1, -0.05) is 32.1 Å². The molecule has 0 aromatic heterocycles. The number of hydrogen-bond donors (Lipinski definition) is 2. The van der Waals surface area contributed by atoms with E-state index in [1.807, 2.05) is 0 Å². The second kappa shape index (κ2) is 5.03. The molecule has 0 aromatic rings. The summed E-state index contributed by atoms with van der Waals surface area (Å²) < 4.78 is 0. The summed E-state index contributed by atoms with van der Waals surface area (Å²) in [6.45, 7) is 0. The van der Waals surface area contributed by atoms with Crippen LogP contribution < -0.4 is 11.3 Å². The van der Waals surface area contributed by atoms with Crippen molar-refractivity contribution in [1.82, 2.24) is 10.3 Å². The summed E-state index contributed by atoms with van der Waals surface area (Å²) in [5.41, 5.74) is 3.44. The highest BCUT2D eigenvalue weighted by atomic mass is 15.3. The second-order valence-corrected chi connectivity index (χ2v) is 5.96. The fourth-order valence-electron chi connectivity index (χ4n) is 3.40. The van der Waals surface area contributed by atoms with Crippen LogP contribution in [0.15, 0.2) is 0 Å². The summed E-state index contributed by atoms with van der Waals surface area (Å²) in [7, 11) is 4.45. The van der Waals surface area contributed by atoms with Crippen LogP contribution in [0.25, 0.3) is 0 Å². The molecule has 2 fully saturated rings. The smallest absolute Gasteiger partial charge is 0.0397 e. The van der Waals surface area contributed by atoms with Crippen LogP contribution in [0, 0.1) is 5.92 Å². The van der Waals surface area contributed by atoms with E-state index < -0.39 is 0 Å². The normalized spacial score (nSPS) is 27.0. The van der Waals surface area contributed by atoms with Crippen LogP contribution in [0.3, 0.4) is 0 Å². The lowest BCUT2D eigenvalue weighted by molar-refractivity contribution is 0.0512. The Labute approximate surface area is 99.7 Å². The van der Waals surface area contributed by atoms with Crippen LogP contribution in [0.2, 0.25) is 0 Å². The molecule has 0 saturated heterocycles. The standard InChI is InChI=1S/C13H27N3/c1-16(2)13(8-4-3-5-9-13)12(15-14)10-11-6-7-11/h11-12,15H,3-10,14H2,1-2H3. The second-order valence-electron chi connectivity index (χ2n) is 5.96. The first-order chi connectivity index (χ1) is 7.69. The monoisotopic (exact) mass is 225 g/mol. The zero-order valence-corrected chi connectivity index (χ0v) is 10.8. The molecule has 1 unspecified atom stereocenters. The van der Waals surface area contributed by atoms with Crippen LogP contribution in [0.1, 0.15) is 51.4 Å². The molecular formula is C13H27N3. The van der Waals surface area contributed by atoms with Crippen molar-refractivity contribution < 1.29 is 0 Å². The summed E-state index contributed by atoms with van der Waals surface area (Å²) in [5.74, 6) is 6.77. The van der Waals surface area contributed by atoms with E-state index in [-0.39, 0.29) is 0 Å². The Hall–Kier alpha value is -0.120. The first-order valence-electron chi connectivity index (χ1n) is 6.82. The van der Waals surface area contributed by atoms with E-state index in [9.17, 15) is 0 Å². The van der Waals surface area contributed by atoms with E-state index in [1.54, 1.807) is 0 Å². The number of hydrogen-bond acceptors (Lipinski definition) is 3. The lowest BCUT2D eigenvalue weighted by Gasteiger charge is -2.48. The van der Waals surface area contributed by atoms with Crippen LogP contribution >= 0.6 is 0 Å². The van der Waals surface area contributed by atoms with Crippen molar-refractivity contribution in [3.8, 4) is 0 Å². The van der Waals surface area contributed by atoms with Gasteiger partial charge in [-0.25, -0.2) is 0 Å². The van der Waals surface area contributed by atoms with Gasteiger partial charge in [0.1, 0.15) is 0 Å². The van der Waals surface area contributed by atoms with Crippen molar-refractivity contribution in [3.63, 3.8) is 0 Å². The molecule has 3 N–H and O–H groups in total. The highest BCUT2D eigenvalue weighted by Gasteiger charge is 2.43. The summed E-state index contributed by atoms with van der Waals surface area (Å²) in [6, 6.07) is 0.482. The SMILES string of the molecule is CN(C)C1(C(CC2CC2)NN)CCCCC1. The molecule has 16 heavy (non-hydrogen) atoms. The highest BCUT2D eigenvalue weighted by Crippen LogP contribution is 2.41. The number of nitrogens with two attached hydrogens (primary N) is 1. The van der Waals surface area contributed by atoms with Crippen molar-refractivity contribution in [3.05, 3.63) is 0 Å². The third-order valence-corrected chi connectivity index (χ3v) is 4.73. The third-order valence-electron chi connectivity index (χ3n) is 4.73. The van der Waals surface area contributed by atoms with E-state index in [2.05, 4.69) is 24.4 Å². The number of hydrazine groups is 1. The van der Waals surface area contributed by atoms with Crippen LogP contribution in [-0.4, -0.2) is 30.6 Å². The van der Waals surface area contributed by atoms with Gasteiger partial charge in [0, 0.05) is 11.6 Å². The molecule has 2 saturated carbocycles. The predicted octanol–water partition coefficient (Wildman–Crippen LogP) is 1.88. The van der Waals surface area contributed by atoms with Gasteiger partial charge in [0.15, 0.2) is 0 Å². The van der Waals surface area contributed by atoms with Gasteiger partial charge in [0.25, 0.3) is 0 Å². The molecule has 0 bridgehead atoms. The number of rotatable bonds is 5. The highest BCUT2D eigenvalue weighted by molar-refractivity contribution is 5.01. The van der Waals surface area contributed by atoms with Gasteiger partial charge in [0.05, 0.1) is 0 Å². The van der Waals surface area contributed by atoms with E-state index in [0.29, 0.717) is 11.6 Å². The largest absolute Gasteiger partial charge is 0.302 e. The maximum absolute atomic E-state index is 5.83. The molecule has 2 aliphatic carbocycles. The molecule has 1 atom stereocenters. The molecule has 0 amide bonds. The van der Waals surface area contributed by atoms with E-state index in [1.165, 1.54) is 51.4 Å². The average Bonchev–Trinajstić information content (AvgIpc) is 3.10. The molecule has 0 heterocycles. The van der Waals surface area contributed by atoms with Crippen molar-refractivity contribution >= 4 is 0 Å². The Kier molecular flexibility index (Phi) is 3.88. The van der Waals surface area contributed by atoms with E-state index >= 15 is 0 Å². The van der Waals surface area contributed by atoms with Gasteiger partial charge in [0.2, 0.25) is 0 Å². The van der Waals surface area contributed by atoms with Crippen molar-refractivity contribution in [2.75, 3.05) is 14.1 Å².